The van der Waals surface area contributed by atoms with Gasteiger partial charge in [0.25, 0.3) is 0 Å². The topological polar surface area (TPSA) is 58.6 Å². The summed E-state index contributed by atoms with van der Waals surface area (Å²) in [5.41, 5.74) is 1.80. The van der Waals surface area contributed by atoms with Crippen molar-refractivity contribution in [3.05, 3.63) is 46.1 Å². The number of carbonyl (C=O) groups is 2. The first-order valence-corrected chi connectivity index (χ1v) is 8.14. The lowest BCUT2D eigenvalue weighted by molar-refractivity contribution is -0.139. The highest BCUT2D eigenvalue weighted by Crippen LogP contribution is 2.39. The third-order valence-corrected chi connectivity index (χ3v) is 4.49. The van der Waals surface area contributed by atoms with Crippen LogP contribution in [0.25, 0.3) is 0 Å². The summed E-state index contributed by atoms with van der Waals surface area (Å²) in [5, 5.41) is 3.42. The average Bonchev–Trinajstić information content (AvgIpc) is 3.32. The fraction of sp³-hybridized carbons (Fsp3) is 0.412. The summed E-state index contributed by atoms with van der Waals surface area (Å²) in [6, 6.07) is 6.59. The number of benzene rings is 1. The smallest absolute Gasteiger partial charge is 0.338 e. The van der Waals surface area contributed by atoms with Gasteiger partial charge in [0, 0.05) is 16.8 Å². The van der Waals surface area contributed by atoms with Crippen molar-refractivity contribution in [2.45, 2.75) is 38.8 Å². The van der Waals surface area contributed by atoms with Crippen molar-refractivity contribution in [2.24, 2.45) is 0 Å². The Labute approximate surface area is 140 Å². The van der Waals surface area contributed by atoms with Gasteiger partial charge in [-0.05, 0) is 38.3 Å². The molecule has 0 spiro atoms. The zero-order valence-corrected chi connectivity index (χ0v) is 13.9. The highest BCUT2D eigenvalue weighted by Gasteiger charge is 2.42. The summed E-state index contributed by atoms with van der Waals surface area (Å²) in [4.78, 5) is 26.7. The quantitative estimate of drug-likeness (QED) is 0.858. The van der Waals surface area contributed by atoms with E-state index >= 15 is 0 Å². The number of amides is 2. The number of hydrogen-bond donors (Lipinski definition) is 1. The second-order valence-electron chi connectivity index (χ2n) is 5.72. The zero-order valence-electron chi connectivity index (χ0n) is 13.1. The van der Waals surface area contributed by atoms with Crippen molar-refractivity contribution in [3.63, 3.8) is 0 Å². The van der Waals surface area contributed by atoms with Crippen molar-refractivity contribution < 1.29 is 14.3 Å². The molecule has 2 aliphatic rings. The lowest BCUT2D eigenvalue weighted by Crippen LogP contribution is -2.49. The molecule has 122 valence electrons. The monoisotopic (exact) mass is 334 g/mol. The first kappa shape index (κ1) is 15.9. The second kappa shape index (κ2) is 6.24. The molecule has 1 aromatic rings. The SMILES string of the molecule is CCOC(=O)C1=C(C)N(C2CC2)C(=O)N[C@H]1c1ccccc1Cl. The molecular formula is C17H19ClN2O3. The normalized spacial score (nSPS) is 21.3. The molecule has 0 radical (unpaired) electrons. The van der Waals surface area contributed by atoms with Crippen LogP contribution in [0.2, 0.25) is 5.02 Å². The van der Waals surface area contributed by atoms with Crippen molar-refractivity contribution in [3.8, 4) is 0 Å². The Balaban J connectivity index is 2.08. The molecule has 5 nitrogen and oxygen atoms in total. The van der Waals surface area contributed by atoms with E-state index in [1.54, 1.807) is 24.8 Å². The lowest BCUT2D eigenvalue weighted by Gasteiger charge is -2.35. The number of hydrogen-bond acceptors (Lipinski definition) is 3. The summed E-state index contributed by atoms with van der Waals surface area (Å²) in [6.45, 7) is 3.84. The number of allylic oxidation sites excluding steroid dienone is 1. The molecule has 1 heterocycles. The predicted molar refractivity (Wildman–Crippen MR) is 86.9 cm³/mol. The highest BCUT2D eigenvalue weighted by molar-refractivity contribution is 6.31. The Morgan fingerprint density at radius 3 is 2.70 bits per heavy atom. The van der Waals surface area contributed by atoms with E-state index in [2.05, 4.69) is 5.32 Å². The van der Waals surface area contributed by atoms with E-state index in [0.29, 0.717) is 21.9 Å². The predicted octanol–water partition coefficient (Wildman–Crippen LogP) is 3.41. The van der Waals surface area contributed by atoms with Crippen LogP contribution < -0.4 is 5.32 Å². The van der Waals surface area contributed by atoms with Crippen LogP contribution in [0.5, 0.6) is 0 Å². The van der Waals surface area contributed by atoms with Crippen LogP contribution in [-0.4, -0.2) is 29.5 Å². The maximum atomic E-state index is 12.5. The van der Waals surface area contributed by atoms with Crippen molar-refractivity contribution in [1.29, 1.82) is 0 Å². The Morgan fingerprint density at radius 2 is 2.09 bits per heavy atom. The van der Waals surface area contributed by atoms with E-state index < -0.39 is 12.0 Å². The molecule has 3 rings (SSSR count). The van der Waals surface area contributed by atoms with Gasteiger partial charge < -0.3 is 10.1 Å². The highest BCUT2D eigenvalue weighted by atomic mass is 35.5. The first-order chi connectivity index (χ1) is 11.0. The lowest BCUT2D eigenvalue weighted by atomic mass is 9.94. The molecule has 1 fully saturated rings. The van der Waals surface area contributed by atoms with Crippen LogP contribution in [-0.2, 0) is 9.53 Å². The largest absolute Gasteiger partial charge is 0.463 e. The van der Waals surface area contributed by atoms with Crippen LogP contribution in [0.1, 0.15) is 38.3 Å². The van der Waals surface area contributed by atoms with E-state index in [9.17, 15) is 9.59 Å². The number of urea groups is 1. The van der Waals surface area contributed by atoms with E-state index in [1.807, 2.05) is 18.2 Å². The number of ether oxygens (including phenoxy) is 1. The van der Waals surface area contributed by atoms with E-state index in [-0.39, 0.29) is 18.7 Å². The minimum atomic E-state index is -0.592. The molecule has 0 unspecified atom stereocenters. The maximum Gasteiger partial charge on any atom is 0.338 e. The maximum absolute atomic E-state index is 12.5. The number of rotatable bonds is 4. The molecule has 23 heavy (non-hydrogen) atoms. The van der Waals surface area contributed by atoms with Gasteiger partial charge in [-0.15, -0.1) is 0 Å². The van der Waals surface area contributed by atoms with Gasteiger partial charge in [0.1, 0.15) is 0 Å². The van der Waals surface area contributed by atoms with Crippen molar-refractivity contribution in [1.82, 2.24) is 10.2 Å². The van der Waals surface area contributed by atoms with Gasteiger partial charge in [-0.3, -0.25) is 4.90 Å². The van der Waals surface area contributed by atoms with Crippen LogP contribution in [0.4, 0.5) is 4.79 Å². The Kier molecular flexibility index (Phi) is 4.31. The molecule has 1 aromatic carbocycles. The number of halogens is 1. The number of nitrogens with zero attached hydrogens (tertiary/aromatic N) is 1. The number of nitrogens with one attached hydrogen (secondary N) is 1. The van der Waals surface area contributed by atoms with E-state index in [1.165, 1.54) is 0 Å². The molecule has 6 heteroatoms. The molecule has 1 N–H and O–H groups in total. The Morgan fingerprint density at radius 1 is 1.39 bits per heavy atom. The van der Waals surface area contributed by atoms with Gasteiger partial charge in [0.15, 0.2) is 0 Å². The summed E-state index contributed by atoms with van der Waals surface area (Å²) < 4.78 is 5.21. The van der Waals surface area contributed by atoms with Gasteiger partial charge in [0.2, 0.25) is 0 Å². The van der Waals surface area contributed by atoms with Crippen LogP contribution in [0.3, 0.4) is 0 Å². The molecule has 1 saturated carbocycles. The van der Waals surface area contributed by atoms with Gasteiger partial charge in [0.05, 0.1) is 18.2 Å². The zero-order chi connectivity index (χ0) is 16.6. The first-order valence-electron chi connectivity index (χ1n) is 7.76. The summed E-state index contributed by atoms with van der Waals surface area (Å²) in [5.74, 6) is -0.416. The van der Waals surface area contributed by atoms with E-state index in [0.717, 1.165) is 12.8 Å². The van der Waals surface area contributed by atoms with Gasteiger partial charge in [-0.1, -0.05) is 29.8 Å². The van der Waals surface area contributed by atoms with Crippen LogP contribution >= 0.6 is 11.6 Å². The minimum Gasteiger partial charge on any atom is -0.463 e. The molecule has 0 aromatic heterocycles. The molecule has 2 amide bonds. The third kappa shape index (κ3) is 2.93. The molecule has 1 aliphatic heterocycles. The van der Waals surface area contributed by atoms with Crippen LogP contribution in [0, 0.1) is 0 Å². The fourth-order valence-corrected chi connectivity index (χ4v) is 3.19. The van der Waals surface area contributed by atoms with Crippen molar-refractivity contribution >= 4 is 23.6 Å². The van der Waals surface area contributed by atoms with Gasteiger partial charge in [-0.2, -0.15) is 0 Å². The minimum absolute atomic E-state index is 0.173. The summed E-state index contributed by atoms with van der Waals surface area (Å²) in [7, 11) is 0. The van der Waals surface area contributed by atoms with Crippen molar-refractivity contribution in [2.75, 3.05) is 6.61 Å². The third-order valence-electron chi connectivity index (χ3n) is 4.15. The molecule has 1 aliphatic carbocycles. The number of carbonyl (C=O) groups excluding carboxylic acids is 2. The Bertz CT molecular complexity index is 682. The molecule has 0 saturated heterocycles. The molecular weight excluding hydrogens is 316 g/mol. The summed E-state index contributed by atoms with van der Waals surface area (Å²) >= 11 is 6.27. The van der Waals surface area contributed by atoms with Gasteiger partial charge >= 0.3 is 12.0 Å². The second-order valence-corrected chi connectivity index (χ2v) is 6.13. The van der Waals surface area contributed by atoms with Gasteiger partial charge in [-0.25, -0.2) is 9.59 Å². The molecule has 1 atom stereocenters. The number of esters is 1. The summed E-state index contributed by atoms with van der Waals surface area (Å²) in [6.07, 6.45) is 1.91. The standard InChI is InChI=1S/C17H19ClN2O3/c1-3-23-16(21)14-10(2)20(11-8-9-11)17(22)19-15(14)12-6-4-5-7-13(12)18/h4-7,11,15H,3,8-9H2,1-2H3,(H,19,22)/t15-/m0/s1. The van der Waals surface area contributed by atoms with E-state index in [4.69, 9.17) is 16.3 Å². The molecule has 0 bridgehead atoms. The average molecular weight is 335 g/mol. The van der Waals surface area contributed by atoms with Crippen LogP contribution in [0.15, 0.2) is 35.5 Å². The fourth-order valence-electron chi connectivity index (χ4n) is 2.95. The Hall–Kier alpha value is -2.01.